The Bertz CT molecular complexity index is 371. The number of rotatable bonds is 6. The van der Waals surface area contributed by atoms with Crippen LogP contribution in [0.5, 0.6) is 0 Å². The summed E-state index contributed by atoms with van der Waals surface area (Å²) in [5, 5.41) is 7.97. The molecule has 1 aliphatic carbocycles. The molecule has 0 bridgehead atoms. The Morgan fingerprint density at radius 2 is 2.16 bits per heavy atom. The molecule has 4 nitrogen and oxygen atoms in total. The molecule has 0 spiro atoms. The van der Waals surface area contributed by atoms with Gasteiger partial charge >= 0.3 is 0 Å². The van der Waals surface area contributed by atoms with Gasteiger partial charge in [-0.05, 0) is 38.8 Å². The normalized spacial score (nSPS) is 20.4. The molecule has 2 unspecified atom stereocenters. The summed E-state index contributed by atoms with van der Waals surface area (Å²) in [4.78, 5) is 0. The van der Waals surface area contributed by atoms with Crippen LogP contribution < -0.4 is 5.32 Å². The van der Waals surface area contributed by atoms with Gasteiger partial charge in [-0.1, -0.05) is 19.3 Å². The highest BCUT2D eigenvalue weighted by atomic mass is 16.5. The van der Waals surface area contributed by atoms with Crippen LogP contribution in [0.3, 0.4) is 0 Å². The lowest BCUT2D eigenvalue weighted by atomic mass is 9.82. The summed E-state index contributed by atoms with van der Waals surface area (Å²) in [6, 6.07) is 2.29. The smallest absolute Gasteiger partial charge is 0.0820 e. The predicted octanol–water partition coefficient (Wildman–Crippen LogP) is 2.67. The molecule has 108 valence electrons. The van der Waals surface area contributed by atoms with E-state index in [-0.39, 0.29) is 12.1 Å². The molecule has 1 N–H and O–H groups in total. The van der Waals surface area contributed by atoms with E-state index in [9.17, 15) is 0 Å². The van der Waals surface area contributed by atoms with E-state index in [4.69, 9.17) is 4.74 Å². The average Bonchev–Trinajstić information content (AvgIpc) is 2.86. The fourth-order valence-electron chi connectivity index (χ4n) is 3.24. The van der Waals surface area contributed by atoms with Crippen LogP contribution >= 0.6 is 0 Å². The van der Waals surface area contributed by atoms with Crippen molar-refractivity contribution >= 4 is 0 Å². The van der Waals surface area contributed by atoms with Crippen molar-refractivity contribution in [3.63, 3.8) is 0 Å². The lowest BCUT2D eigenvalue weighted by Crippen LogP contribution is -2.38. The van der Waals surface area contributed by atoms with Crippen molar-refractivity contribution in [1.29, 1.82) is 0 Å². The summed E-state index contributed by atoms with van der Waals surface area (Å²) in [5.74, 6) is 0.660. The van der Waals surface area contributed by atoms with Crippen LogP contribution in [0.1, 0.15) is 50.8 Å². The van der Waals surface area contributed by atoms with Gasteiger partial charge in [-0.15, -0.1) is 0 Å². The second kappa shape index (κ2) is 7.06. The van der Waals surface area contributed by atoms with Crippen LogP contribution in [-0.2, 0) is 11.8 Å². The minimum atomic E-state index is 0.198. The second-order valence-electron chi connectivity index (χ2n) is 5.50. The summed E-state index contributed by atoms with van der Waals surface area (Å²) in [5.41, 5.74) is 1.09. The van der Waals surface area contributed by atoms with Crippen LogP contribution in [0.25, 0.3) is 0 Å². The molecule has 1 saturated carbocycles. The molecule has 0 aliphatic heterocycles. The summed E-state index contributed by atoms with van der Waals surface area (Å²) in [6.07, 6.45) is 8.88. The highest BCUT2D eigenvalue weighted by molar-refractivity contribution is 5.08. The van der Waals surface area contributed by atoms with Gasteiger partial charge in [0.1, 0.15) is 0 Å². The molecule has 0 saturated heterocycles. The monoisotopic (exact) mass is 265 g/mol. The van der Waals surface area contributed by atoms with Crippen LogP contribution in [0, 0.1) is 5.92 Å². The minimum absolute atomic E-state index is 0.198. The minimum Gasteiger partial charge on any atom is -0.376 e. The van der Waals surface area contributed by atoms with Crippen LogP contribution in [0.2, 0.25) is 0 Å². The van der Waals surface area contributed by atoms with Gasteiger partial charge in [0.2, 0.25) is 0 Å². The van der Waals surface area contributed by atoms with Gasteiger partial charge in [0.15, 0.2) is 0 Å². The van der Waals surface area contributed by atoms with Crippen LogP contribution in [-0.4, -0.2) is 29.5 Å². The number of ether oxygens (including phenoxy) is 1. The molecule has 2 rings (SSSR count). The number of nitrogens with zero attached hydrogens (tertiary/aromatic N) is 2. The molecule has 1 heterocycles. The molecule has 2 atom stereocenters. The summed E-state index contributed by atoms with van der Waals surface area (Å²) >= 11 is 0. The van der Waals surface area contributed by atoms with E-state index in [0.717, 1.165) is 12.3 Å². The SMILES string of the molecule is CCOC(C1CCCCC1)C(NC)c1ccn(C)n1. The van der Waals surface area contributed by atoms with Crippen molar-refractivity contribution in [2.24, 2.45) is 13.0 Å². The lowest BCUT2D eigenvalue weighted by molar-refractivity contribution is -0.0177. The Morgan fingerprint density at radius 3 is 2.68 bits per heavy atom. The van der Waals surface area contributed by atoms with Gasteiger partial charge in [-0.3, -0.25) is 4.68 Å². The zero-order valence-corrected chi connectivity index (χ0v) is 12.4. The maximum absolute atomic E-state index is 6.09. The lowest BCUT2D eigenvalue weighted by Gasteiger charge is -2.34. The summed E-state index contributed by atoms with van der Waals surface area (Å²) in [7, 11) is 3.97. The van der Waals surface area contributed by atoms with E-state index in [0.29, 0.717) is 5.92 Å². The van der Waals surface area contributed by atoms with Crippen molar-refractivity contribution in [2.45, 2.75) is 51.2 Å². The summed E-state index contributed by atoms with van der Waals surface area (Å²) in [6.45, 7) is 2.85. The predicted molar refractivity (Wildman–Crippen MR) is 77.0 cm³/mol. The highest BCUT2D eigenvalue weighted by Gasteiger charge is 2.32. The van der Waals surface area contributed by atoms with Crippen LogP contribution in [0.4, 0.5) is 0 Å². The Labute approximate surface area is 116 Å². The summed E-state index contributed by atoms with van der Waals surface area (Å²) < 4.78 is 7.95. The first-order chi connectivity index (χ1) is 9.26. The van der Waals surface area contributed by atoms with E-state index in [2.05, 4.69) is 23.4 Å². The molecule has 1 fully saturated rings. The third kappa shape index (κ3) is 3.57. The van der Waals surface area contributed by atoms with E-state index in [1.165, 1.54) is 32.1 Å². The zero-order chi connectivity index (χ0) is 13.7. The van der Waals surface area contributed by atoms with E-state index in [1.54, 1.807) is 0 Å². The molecular weight excluding hydrogens is 238 g/mol. The van der Waals surface area contributed by atoms with Crippen molar-refractivity contribution in [1.82, 2.24) is 15.1 Å². The third-order valence-electron chi connectivity index (χ3n) is 4.17. The second-order valence-corrected chi connectivity index (χ2v) is 5.50. The average molecular weight is 265 g/mol. The van der Waals surface area contributed by atoms with Crippen molar-refractivity contribution in [3.8, 4) is 0 Å². The van der Waals surface area contributed by atoms with Crippen LogP contribution in [0.15, 0.2) is 12.3 Å². The number of aromatic nitrogens is 2. The fourth-order valence-corrected chi connectivity index (χ4v) is 3.24. The zero-order valence-electron chi connectivity index (χ0n) is 12.4. The van der Waals surface area contributed by atoms with Crippen molar-refractivity contribution < 1.29 is 4.74 Å². The van der Waals surface area contributed by atoms with Gasteiger partial charge < -0.3 is 10.1 Å². The molecule has 1 aromatic rings. The maximum atomic E-state index is 6.09. The van der Waals surface area contributed by atoms with E-state index >= 15 is 0 Å². The molecule has 0 amide bonds. The number of nitrogens with one attached hydrogen (secondary N) is 1. The first kappa shape index (κ1) is 14.5. The highest BCUT2D eigenvalue weighted by Crippen LogP contribution is 2.33. The van der Waals surface area contributed by atoms with Crippen molar-refractivity contribution in [2.75, 3.05) is 13.7 Å². The topological polar surface area (TPSA) is 39.1 Å². The van der Waals surface area contributed by atoms with Crippen molar-refractivity contribution in [3.05, 3.63) is 18.0 Å². The molecule has 0 radical (unpaired) electrons. The van der Waals surface area contributed by atoms with Gasteiger partial charge in [0.25, 0.3) is 0 Å². The molecule has 0 aromatic carbocycles. The van der Waals surface area contributed by atoms with Gasteiger partial charge in [0.05, 0.1) is 17.8 Å². The van der Waals surface area contributed by atoms with Gasteiger partial charge in [0, 0.05) is 19.9 Å². The molecule has 1 aliphatic rings. The quantitative estimate of drug-likeness (QED) is 0.859. The molecule has 1 aromatic heterocycles. The first-order valence-electron chi connectivity index (χ1n) is 7.54. The third-order valence-corrected chi connectivity index (χ3v) is 4.17. The molecule has 19 heavy (non-hydrogen) atoms. The fraction of sp³-hybridized carbons (Fsp3) is 0.800. The van der Waals surface area contributed by atoms with E-state index in [1.807, 2.05) is 25.0 Å². The first-order valence-corrected chi connectivity index (χ1v) is 7.54. The largest absolute Gasteiger partial charge is 0.376 e. The Balaban J connectivity index is 2.14. The number of hydrogen-bond donors (Lipinski definition) is 1. The van der Waals surface area contributed by atoms with Gasteiger partial charge in [-0.2, -0.15) is 5.10 Å². The molecular formula is C15H27N3O. The Hall–Kier alpha value is -0.870. The number of hydrogen-bond acceptors (Lipinski definition) is 3. The number of likely N-dealkylation sites (N-methyl/N-ethyl adjacent to an activating group) is 1. The maximum Gasteiger partial charge on any atom is 0.0820 e. The standard InChI is InChI=1S/C15H27N3O/c1-4-19-15(12-8-6-5-7-9-12)14(16-2)13-10-11-18(3)17-13/h10-12,14-16H,4-9H2,1-3H3. The van der Waals surface area contributed by atoms with E-state index < -0.39 is 0 Å². The Kier molecular flexibility index (Phi) is 5.40. The Morgan fingerprint density at radius 1 is 1.42 bits per heavy atom. The number of aryl methyl sites for hydroxylation is 1. The molecule has 4 heteroatoms. The van der Waals surface area contributed by atoms with Gasteiger partial charge in [-0.25, -0.2) is 0 Å².